The van der Waals surface area contributed by atoms with Gasteiger partial charge < -0.3 is 15.4 Å². The minimum atomic E-state index is -0.751. The Kier molecular flexibility index (Phi) is 2.47. The van der Waals surface area contributed by atoms with E-state index in [-0.39, 0.29) is 18.0 Å². The highest BCUT2D eigenvalue weighted by Gasteiger charge is 2.20. The summed E-state index contributed by atoms with van der Waals surface area (Å²) in [5.74, 6) is -1.73. The van der Waals surface area contributed by atoms with Crippen molar-refractivity contribution in [2.24, 2.45) is 0 Å². The van der Waals surface area contributed by atoms with Crippen molar-refractivity contribution < 1.29 is 18.7 Å². The normalized spacial score (nSPS) is 13.5. The number of fused-ring (bicyclic) bond motifs is 1. The Balaban J connectivity index is 2.45. The van der Waals surface area contributed by atoms with Crippen molar-refractivity contribution in [1.29, 1.82) is 0 Å². The number of ether oxygens (including phenoxy) is 1. The molecule has 2 N–H and O–H groups in total. The lowest BCUT2D eigenvalue weighted by atomic mass is 10.1. The van der Waals surface area contributed by atoms with Gasteiger partial charge in [0, 0.05) is 6.07 Å². The van der Waals surface area contributed by atoms with Crippen molar-refractivity contribution in [1.82, 2.24) is 0 Å². The molecule has 0 bridgehead atoms. The van der Waals surface area contributed by atoms with Crippen molar-refractivity contribution >= 4 is 23.3 Å². The van der Waals surface area contributed by atoms with Gasteiger partial charge in [0.25, 0.3) is 0 Å². The lowest BCUT2D eigenvalue weighted by Crippen LogP contribution is -2.27. The third kappa shape index (κ3) is 1.69. The smallest absolute Gasteiger partial charge is 0.340 e. The predicted octanol–water partition coefficient (Wildman–Crippen LogP) is 0.976. The van der Waals surface area contributed by atoms with Gasteiger partial charge in [-0.15, -0.1) is 0 Å². The van der Waals surface area contributed by atoms with Gasteiger partial charge in [0.2, 0.25) is 5.91 Å². The molecule has 0 fully saturated rings. The number of anilines is 2. The molecule has 0 aliphatic carbocycles. The zero-order valence-electron chi connectivity index (χ0n) is 8.46. The Morgan fingerprint density at radius 2 is 2.19 bits per heavy atom. The summed E-state index contributed by atoms with van der Waals surface area (Å²) in [6.07, 6.45) is 0. The SMILES string of the molecule is COC(=O)c1cc2c(cc1F)NC(=O)CN2. The van der Waals surface area contributed by atoms with Crippen molar-refractivity contribution in [2.45, 2.75) is 0 Å². The summed E-state index contributed by atoms with van der Waals surface area (Å²) >= 11 is 0. The van der Waals surface area contributed by atoms with Gasteiger partial charge in [-0.2, -0.15) is 0 Å². The van der Waals surface area contributed by atoms with Crippen molar-refractivity contribution in [3.8, 4) is 0 Å². The zero-order chi connectivity index (χ0) is 11.7. The molecule has 1 heterocycles. The molecule has 2 rings (SSSR count). The van der Waals surface area contributed by atoms with Gasteiger partial charge >= 0.3 is 5.97 Å². The highest BCUT2D eigenvalue weighted by atomic mass is 19.1. The molecule has 0 unspecified atom stereocenters. The van der Waals surface area contributed by atoms with Gasteiger partial charge in [-0.05, 0) is 6.07 Å². The Bertz CT molecular complexity index is 473. The second-order valence-electron chi connectivity index (χ2n) is 3.27. The first kappa shape index (κ1) is 10.4. The highest BCUT2D eigenvalue weighted by molar-refractivity contribution is 6.02. The van der Waals surface area contributed by atoms with E-state index in [1.165, 1.54) is 13.2 Å². The summed E-state index contributed by atoms with van der Waals surface area (Å²) in [4.78, 5) is 22.2. The largest absolute Gasteiger partial charge is 0.465 e. The van der Waals surface area contributed by atoms with Crippen LogP contribution in [0.15, 0.2) is 12.1 Å². The van der Waals surface area contributed by atoms with Crippen LogP contribution in [-0.4, -0.2) is 25.5 Å². The van der Waals surface area contributed by atoms with E-state index in [9.17, 15) is 14.0 Å². The molecule has 6 heteroatoms. The first-order chi connectivity index (χ1) is 7.61. The molecule has 1 aromatic rings. The number of methoxy groups -OCH3 is 1. The molecule has 1 amide bonds. The van der Waals surface area contributed by atoms with Crippen LogP contribution in [0.4, 0.5) is 15.8 Å². The fourth-order valence-corrected chi connectivity index (χ4v) is 1.46. The molecule has 0 atom stereocenters. The topological polar surface area (TPSA) is 67.4 Å². The molecule has 0 spiro atoms. The fourth-order valence-electron chi connectivity index (χ4n) is 1.46. The van der Waals surface area contributed by atoms with Gasteiger partial charge in [-0.25, -0.2) is 9.18 Å². The number of benzene rings is 1. The molecule has 1 aliphatic heterocycles. The Hall–Kier alpha value is -2.11. The third-order valence-electron chi connectivity index (χ3n) is 2.23. The van der Waals surface area contributed by atoms with Gasteiger partial charge in [0.05, 0.1) is 30.6 Å². The molecule has 1 aliphatic rings. The maximum absolute atomic E-state index is 13.5. The molecule has 84 valence electrons. The number of carbonyl (C=O) groups excluding carboxylic acids is 2. The second-order valence-corrected chi connectivity index (χ2v) is 3.27. The summed E-state index contributed by atoms with van der Waals surface area (Å²) in [5.41, 5.74) is 0.660. The number of hydrogen-bond donors (Lipinski definition) is 2. The molecular weight excluding hydrogens is 215 g/mol. The number of halogens is 1. The summed E-state index contributed by atoms with van der Waals surface area (Å²) in [6, 6.07) is 2.40. The van der Waals surface area contributed by atoms with Crippen LogP contribution in [0.1, 0.15) is 10.4 Å². The molecule has 16 heavy (non-hydrogen) atoms. The van der Waals surface area contributed by atoms with E-state index in [0.29, 0.717) is 11.4 Å². The number of nitrogens with one attached hydrogen (secondary N) is 2. The predicted molar refractivity (Wildman–Crippen MR) is 54.9 cm³/mol. The maximum atomic E-state index is 13.5. The van der Waals surface area contributed by atoms with Crippen molar-refractivity contribution in [3.63, 3.8) is 0 Å². The van der Waals surface area contributed by atoms with E-state index in [1.807, 2.05) is 0 Å². The molecule has 0 aromatic heterocycles. The van der Waals surface area contributed by atoms with Crippen molar-refractivity contribution in [3.05, 3.63) is 23.5 Å². The monoisotopic (exact) mass is 224 g/mol. The van der Waals surface area contributed by atoms with Crippen LogP contribution >= 0.6 is 0 Å². The lowest BCUT2D eigenvalue weighted by Gasteiger charge is -2.19. The van der Waals surface area contributed by atoms with E-state index in [1.54, 1.807) is 0 Å². The second kappa shape index (κ2) is 3.80. The minimum Gasteiger partial charge on any atom is -0.465 e. The van der Waals surface area contributed by atoms with Crippen LogP contribution in [0.3, 0.4) is 0 Å². The van der Waals surface area contributed by atoms with Crippen LogP contribution in [0.25, 0.3) is 0 Å². The zero-order valence-corrected chi connectivity index (χ0v) is 8.46. The molecule has 0 saturated carbocycles. The number of amides is 1. The summed E-state index contributed by atoms with van der Waals surface area (Å²) < 4.78 is 17.9. The van der Waals surface area contributed by atoms with Crippen LogP contribution in [0.5, 0.6) is 0 Å². The first-order valence-electron chi connectivity index (χ1n) is 4.57. The van der Waals surface area contributed by atoms with Crippen LogP contribution in [-0.2, 0) is 9.53 Å². The van der Waals surface area contributed by atoms with E-state index in [4.69, 9.17) is 0 Å². The standard InChI is InChI=1S/C10H9FN2O3/c1-16-10(15)5-2-7-8(3-6(5)11)13-9(14)4-12-7/h2-3,12H,4H2,1H3,(H,13,14). The third-order valence-corrected chi connectivity index (χ3v) is 2.23. The summed E-state index contributed by atoms with van der Waals surface area (Å²) in [7, 11) is 1.18. The molecule has 0 saturated heterocycles. The first-order valence-corrected chi connectivity index (χ1v) is 4.57. The van der Waals surface area contributed by atoms with Gasteiger partial charge in [-0.3, -0.25) is 4.79 Å². The van der Waals surface area contributed by atoms with Crippen molar-refractivity contribution in [2.75, 3.05) is 24.3 Å². The summed E-state index contributed by atoms with van der Waals surface area (Å²) in [5, 5.41) is 5.26. The van der Waals surface area contributed by atoms with E-state index < -0.39 is 11.8 Å². The minimum absolute atomic E-state index is 0.0965. The molecule has 0 radical (unpaired) electrons. The number of esters is 1. The Morgan fingerprint density at radius 3 is 2.88 bits per heavy atom. The average Bonchev–Trinajstić information content (AvgIpc) is 2.27. The maximum Gasteiger partial charge on any atom is 0.340 e. The highest BCUT2D eigenvalue weighted by Crippen LogP contribution is 2.28. The van der Waals surface area contributed by atoms with Crippen LogP contribution < -0.4 is 10.6 Å². The van der Waals surface area contributed by atoms with E-state index >= 15 is 0 Å². The molecule has 5 nitrogen and oxygen atoms in total. The quantitative estimate of drug-likeness (QED) is 0.698. The lowest BCUT2D eigenvalue weighted by molar-refractivity contribution is -0.114. The average molecular weight is 224 g/mol. The number of carbonyl (C=O) groups is 2. The van der Waals surface area contributed by atoms with E-state index in [0.717, 1.165) is 6.07 Å². The van der Waals surface area contributed by atoms with E-state index in [2.05, 4.69) is 15.4 Å². The van der Waals surface area contributed by atoms with Gasteiger partial charge in [0.1, 0.15) is 5.82 Å². The van der Waals surface area contributed by atoms with Gasteiger partial charge in [-0.1, -0.05) is 0 Å². The molecule has 1 aromatic carbocycles. The summed E-state index contributed by atoms with van der Waals surface area (Å²) in [6.45, 7) is 0.0965. The number of rotatable bonds is 1. The number of hydrogen-bond acceptors (Lipinski definition) is 4. The Morgan fingerprint density at radius 1 is 1.44 bits per heavy atom. The van der Waals surface area contributed by atoms with Gasteiger partial charge in [0.15, 0.2) is 0 Å². The Labute approximate surface area is 90.6 Å². The van der Waals surface area contributed by atoms with Crippen LogP contribution in [0.2, 0.25) is 0 Å². The fraction of sp³-hybridized carbons (Fsp3) is 0.200. The van der Waals surface area contributed by atoms with Crippen LogP contribution in [0, 0.1) is 5.82 Å². The molecular formula is C10H9FN2O3.